The van der Waals surface area contributed by atoms with Crippen LogP contribution in [0.25, 0.3) is 0 Å². The number of hydrogen-bond acceptors (Lipinski definition) is 3. The van der Waals surface area contributed by atoms with Crippen molar-refractivity contribution in [3.63, 3.8) is 0 Å². The summed E-state index contributed by atoms with van der Waals surface area (Å²) in [6.45, 7) is 8.74. The van der Waals surface area contributed by atoms with Crippen molar-refractivity contribution in [1.29, 1.82) is 0 Å². The Morgan fingerprint density at radius 2 is 1.96 bits per heavy atom. The van der Waals surface area contributed by atoms with Crippen LogP contribution < -0.4 is 10.1 Å². The maximum Gasteiger partial charge on any atom is 0.123 e. The van der Waals surface area contributed by atoms with Gasteiger partial charge in [0.05, 0.1) is 7.11 Å². The topological polar surface area (TPSA) is 24.5 Å². The summed E-state index contributed by atoms with van der Waals surface area (Å²) in [6, 6.07) is 7.86. The zero-order valence-electron chi connectivity index (χ0n) is 17.2. The summed E-state index contributed by atoms with van der Waals surface area (Å²) in [7, 11) is 1.78. The van der Waals surface area contributed by atoms with E-state index < -0.39 is 0 Å². The van der Waals surface area contributed by atoms with Crippen LogP contribution in [0.4, 0.5) is 0 Å². The molecule has 2 bridgehead atoms. The standard InChI is InChI=1S/C24H34N2O/c1-24(2,3)20-10-11-21(27-4)19(15-20)16-25-22-17-8-9-18(14-17)23(22)26-12-6-5-7-13-26/h5-7,10-12,15,17-18,22-23,25H,8-9,13-14,16H2,1-4H3. The minimum atomic E-state index is 0.154. The molecule has 0 amide bonds. The highest BCUT2D eigenvalue weighted by Crippen LogP contribution is 2.47. The van der Waals surface area contributed by atoms with E-state index in [2.05, 4.69) is 73.6 Å². The molecule has 2 aliphatic carbocycles. The Kier molecular flexibility index (Phi) is 5.07. The molecule has 1 N–H and O–H groups in total. The molecule has 146 valence electrons. The average molecular weight is 367 g/mol. The summed E-state index contributed by atoms with van der Waals surface area (Å²) in [5, 5.41) is 3.95. The highest BCUT2D eigenvalue weighted by Gasteiger charge is 2.49. The van der Waals surface area contributed by atoms with Crippen LogP contribution in [0.5, 0.6) is 5.75 Å². The first kappa shape index (κ1) is 18.6. The third-order valence-corrected chi connectivity index (χ3v) is 6.77. The Labute approximate surface area is 164 Å². The molecular formula is C24H34N2O. The second kappa shape index (κ2) is 7.35. The van der Waals surface area contributed by atoms with Crippen molar-refractivity contribution in [3.8, 4) is 5.75 Å². The molecule has 0 saturated heterocycles. The van der Waals surface area contributed by atoms with Crippen LogP contribution in [0.1, 0.15) is 51.2 Å². The molecule has 27 heavy (non-hydrogen) atoms. The van der Waals surface area contributed by atoms with Crippen molar-refractivity contribution in [2.24, 2.45) is 11.8 Å². The number of fused-ring (bicyclic) bond motifs is 2. The van der Waals surface area contributed by atoms with E-state index in [9.17, 15) is 0 Å². The number of nitrogens with zero attached hydrogens (tertiary/aromatic N) is 1. The number of hydrogen-bond donors (Lipinski definition) is 1. The lowest BCUT2D eigenvalue weighted by Crippen LogP contribution is -2.51. The summed E-state index contributed by atoms with van der Waals surface area (Å²) in [5.41, 5.74) is 2.80. The van der Waals surface area contributed by atoms with Crippen LogP contribution in [0.15, 0.2) is 42.6 Å². The molecule has 4 rings (SSSR count). The Bertz CT molecular complexity index is 730. The number of benzene rings is 1. The molecule has 3 heteroatoms. The average Bonchev–Trinajstić information content (AvgIpc) is 3.27. The second-order valence-electron chi connectivity index (χ2n) is 9.47. The summed E-state index contributed by atoms with van der Waals surface area (Å²) in [5.74, 6) is 2.65. The van der Waals surface area contributed by atoms with Gasteiger partial charge < -0.3 is 15.0 Å². The molecule has 1 aliphatic heterocycles. The monoisotopic (exact) mass is 366 g/mol. The van der Waals surface area contributed by atoms with Gasteiger partial charge in [0.2, 0.25) is 0 Å². The quantitative estimate of drug-likeness (QED) is 0.822. The number of methoxy groups -OCH3 is 1. The second-order valence-corrected chi connectivity index (χ2v) is 9.47. The third kappa shape index (κ3) is 3.67. The van der Waals surface area contributed by atoms with Gasteiger partial charge in [-0.3, -0.25) is 0 Å². The number of ether oxygens (including phenoxy) is 1. The van der Waals surface area contributed by atoms with Gasteiger partial charge in [-0.15, -0.1) is 0 Å². The van der Waals surface area contributed by atoms with Crippen LogP contribution in [0.2, 0.25) is 0 Å². The van der Waals surface area contributed by atoms with E-state index in [1.54, 1.807) is 7.11 Å². The van der Waals surface area contributed by atoms with Crippen LogP contribution in [-0.2, 0) is 12.0 Å². The first-order valence-corrected chi connectivity index (χ1v) is 10.5. The first-order valence-electron chi connectivity index (χ1n) is 10.5. The van der Waals surface area contributed by atoms with Gasteiger partial charge in [0, 0.05) is 30.7 Å². The lowest BCUT2D eigenvalue weighted by Gasteiger charge is -2.40. The smallest absolute Gasteiger partial charge is 0.123 e. The number of rotatable bonds is 5. The van der Waals surface area contributed by atoms with Crippen molar-refractivity contribution in [3.05, 3.63) is 53.8 Å². The van der Waals surface area contributed by atoms with E-state index in [1.165, 1.54) is 30.4 Å². The summed E-state index contributed by atoms with van der Waals surface area (Å²) < 4.78 is 5.66. The minimum Gasteiger partial charge on any atom is -0.496 e. The van der Waals surface area contributed by atoms with Crippen molar-refractivity contribution < 1.29 is 4.74 Å². The van der Waals surface area contributed by atoms with Crippen molar-refractivity contribution >= 4 is 0 Å². The van der Waals surface area contributed by atoms with Gasteiger partial charge in [-0.25, -0.2) is 0 Å². The fraction of sp³-hybridized carbons (Fsp3) is 0.583. The van der Waals surface area contributed by atoms with E-state index in [0.717, 1.165) is 30.7 Å². The van der Waals surface area contributed by atoms with E-state index in [0.29, 0.717) is 12.1 Å². The van der Waals surface area contributed by atoms with Crippen molar-refractivity contribution in [2.45, 2.75) is 64.1 Å². The number of nitrogens with one attached hydrogen (secondary N) is 1. The molecule has 2 fully saturated rings. The molecule has 4 atom stereocenters. The predicted octanol–water partition coefficient (Wildman–Crippen LogP) is 4.63. The van der Waals surface area contributed by atoms with Gasteiger partial charge in [0.15, 0.2) is 0 Å². The summed E-state index contributed by atoms with van der Waals surface area (Å²) in [4.78, 5) is 2.56. The van der Waals surface area contributed by atoms with Crippen LogP contribution in [0.3, 0.4) is 0 Å². The zero-order valence-corrected chi connectivity index (χ0v) is 17.2. The van der Waals surface area contributed by atoms with E-state index in [-0.39, 0.29) is 5.41 Å². The van der Waals surface area contributed by atoms with Gasteiger partial charge in [-0.2, -0.15) is 0 Å². The van der Waals surface area contributed by atoms with Gasteiger partial charge in [-0.1, -0.05) is 45.1 Å². The molecule has 1 aromatic carbocycles. The van der Waals surface area contributed by atoms with Gasteiger partial charge >= 0.3 is 0 Å². The van der Waals surface area contributed by atoms with Gasteiger partial charge in [-0.05, 0) is 60.4 Å². The lowest BCUT2D eigenvalue weighted by atomic mass is 9.85. The first-order chi connectivity index (χ1) is 13.0. The van der Waals surface area contributed by atoms with E-state index >= 15 is 0 Å². The Hall–Kier alpha value is -1.74. The van der Waals surface area contributed by atoms with Crippen LogP contribution in [-0.4, -0.2) is 30.6 Å². The molecule has 3 aliphatic rings. The van der Waals surface area contributed by atoms with Crippen LogP contribution >= 0.6 is 0 Å². The maximum absolute atomic E-state index is 5.66. The molecule has 3 nitrogen and oxygen atoms in total. The molecule has 1 heterocycles. The molecule has 2 saturated carbocycles. The van der Waals surface area contributed by atoms with E-state index in [4.69, 9.17) is 4.74 Å². The fourth-order valence-electron chi connectivity index (χ4n) is 5.34. The molecule has 1 aromatic rings. The normalized spacial score (nSPS) is 29.6. The molecule has 0 spiro atoms. The van der Waals surface area contributed by atoms with Crippen LogP contribution in [0, 0.1) is 11.8 Å². The lowest BCUT2D eigenvalue weighted by molar-refractivity contribution is 0.167. The molecule has 0 radical (unpaired) electrons. The van der Waals surface area contributed by atoms with E-state index in [1.807, 2.05) is 0 Å². The predicted molar refractivity (Wildman–Crippen MR) is 112 cm³/mol. The van der Waals surface area contributed by atoms with Gasteiger partial charge in [0.25, 0.3) is 0 Å². The maximum atomic E-state index is 5.66. The van der Waals surface area contributed by atoms with Crippen molar-refractivity contribution in [2.75, 3.05) is 13.7 Å². The highest BCUT2D eigenvalue weighted by atomic mass is 16.5. The Morgan fingerprint density at radius 3 is 2.67 bits per heavy atom. The fourth-order valence-corrected chi connectivity index (χ4v) is 5.34. The summed E-state index contributed by atoms with van der Waals surface area (Å²) in [6.07, 6.45) is 13.1. The Morgan fingerprint density at radius 1 is 1.15 bits per heavy atom. The third-order valence-electron chi connectivity index (χ3n) is 6.77. The largest absolute Gasteiger partial charge is 0.496 e. The minimum absolute atomic E-state index is 0.154. The number of allylic oxidation sites excluding steroid dienone is 2. The van der Waals surface area contributed by atoms with Crippen molar-refractivity contribution in [1.82, 2.24) is 10.2 Å². The molecule has 0 aromatic heterocycles. The Balaban J connectivity index is 1.52. The SMILES string of the molecule is COc1ccc(C(C)(C)C)cc1CNC1C2CCC(C2)C1N1C=CC=CC1. The highest BCUT2D eigenvalue weighted by molar-refractivity contribution is 5.39. The van der Waals surface area contributed by atoms with Gasteiger partial charge in [0.1, 0.15) is 5.75 Å². The zero-order chi connectivity index (χ0) is 19.0. The molecule has 4 unspecified atom stereocenters. The molecular weight excluding hydrogens is 332 g/mol. The summed E-state index contributed by atoms with van der Waals surface area (Å²) >= 11 is 0.